The fourth-order valence-electron chi connectivity index (χ4n) is 4.01. The van der Waals surface area contributed by atoms with Crippen LogP contribution >= 0.6 is 0 Å². The predicted octanol–water partition coefficient (Wildman–Crippen LogP) is 0.542. The molecule has 0 spiro atoms. The lowest BCUT2D eigenvalue weighted by atomic mass is 10.1. The number of nitrogens with zero attached hydrogens (tertiary/aromatic N) is 4. The summed E-state index contributed by atoms with van der Waals surface area (Å²) in [4.78, 5) is 29.5. The molecule has 0 radical (unpaired) electrons. The molecule has 10 heteroatoms. The number of nitrogens with one attached hydrogen (secondary N) is 1. The first-order valence-corrected chi connectivity index (χ1v) is 12.1. The van der Waals surface area contributed by atoms with Crippen molar-refractivity contribution in [3.05, 3.63) is 24.3 Å². The highest BCUT2D eigenvalue weighted by Gasteiger charge is 2.37. The van der Waals surface area contributed by atoms with Gasteiger partial charge < -0.3 is 15.1 Å². The van der Waals surface area contributed by atoms with E-state index in [9.17, 15) is 18.0 Å². The third-order valence-corrected chi connectivity index (χ3v) is 7.62. The minimum atomic E-state index is -3.14. The molecule has 1 aromatic carbocycles. The molecule has 3 heterocycles. The topological polar surface area (TPSA) is 102 Å². The minimum absolute atomic E-state index is 0.0537. The summed E-state index contributed by atoms with van der Waals surface area (Å²) in [6, 6.07) is 7.22. The normalized spacial score (nSPS) is 24.6. The Bertz CT molecular complexity index is 952. The van der Waals surface area contributed by atoms with E-state index >= 15 is 0 Å². The summed E-state index contributed by atoms with van der Waals surface area (Å²) in [6.45, 7) is 3.99. The number of hydrogen-bond acceptors (Lipinski definition) is 7. The highest BCUT2D eigenvalue weighted by Crippen LogP contribution is 2.23. The van der Waals surface area contributed by atoms with Crippen LogP contribution in [0.2, 0.25) is 0 Å². The molecular formula is C20H27N5O4S. The summed E-state index contributed by atoms with van der Waals surface area (Å²) < 4.78 is 23.5. The van der Waals surface area contributed by atoms with Crippen LogP contribution in [0.15, 0.2) is 29.4 Å². The Kier molecular flexibility index (Phi) is 5.79. The number of likely N-dealkylation sites (N-methyl/N-ethyl adjacent to an activating group) is 1. The van der Waals surface area contributed by atoms with Crippen LogP contribution in [-0.2, 0) is 19.4 Å². The van der Waals surface area contributed by atoms with E-state index in [0.29, 0.717) is 12.1 Å². The zero-order valence-electron chi connectivity index (χ0n) is 17.1. The van der Waals surface area contributed by atoms with Gasteiger partial charge in [0.25, 0.3) is 5.91 Å². The second kappa shape index (κ2) is 8.35. The average Bonchev–Trinajstić information content (AvgIpc) is 3.09. The van der Waals surface area contributed by atoms with Crippen LogP contribution in [0.5, 0.6) is 0 Å². The molecule has 3 aliphatic rings. The van der Waals surface area contributed by atoms with Crippen molar-refractivity contribution in [2.45, 2.75) is 25.3 Å². The van der Waals surface area contributed by atoms with E-state index in [2.05, 4.69) is 27.3 Å². The van der Waals surface area contributed by atoms with E-state index in [1.807, 2.05) is 24.3 Å². The molecule has 1 aromatic rings. The fourth-order valence-corrected chi connectivity index (χ4v) is 5.70. The highest BCUT2D eigenvalue weighted by molar-refractivity contribution is 7.91. The predicted molar refractivity (Wildman–Crippen MR) is 115 cm³/mol. The van der Waals surface area contributed by atoms with Crippen molar-refractivity contribution < 1.29 is 18.0 Å². The Morgan fingerprint density at radius 2 is 1.80 bits per heavy atom. The molecular weight excluding hydrogens is 406 g/mol. The van der Waals surface area contributed by atoms with Gasteiger partial charge in [-0.05, 0) is 37.7 Å². The van der Waals surface area contributed by atoms with E-state index in [1.54, 1.807) is 0 Å². The van der Waals surface area contributed by atoms with Gasteiger partial charge in [0, 0.05) is 50.4 Å². The summed E-state index contributed by atoms with van der Waals surface area (Å²) in [5.74, 6) is -0.630. The van der Waals surface area contributed by atoms with Crippen LogP contribution in [0, 0.1) is 0 Å². The molecule has 0 aromatic heterocycles. The summed E-state index contributed by atoms with van der Waals surface area (Å²) in [5.41, 5.74) is 2.03. The number of benzene rings is 1. The third-order valence-electron chi connectivity index (χ3n) is 5.87. The molecule has 1 N–H and O–H groups in total. The number of amides is 2. The number of rotatable bonds is 4. The van der Waals surface area contributed by atoms with E-state index in [1.165, 1.54) is 5.01 Å². The zero-order chi connectivity index (χ0) is 21.3. The van der Waals surface area contributed by atoms with Crippen LogP contribution in [0.25, 0.3) is 0 Å². The number of anilines is 2. The molecule has 2 fully saturated rings. The fraction of sp³-hybridized carbons (Fsp3) is 0.550. The Morgan fingerprint density at radius 3 is 2.43 bits per heavy atom. The third kappa shape index (κ3) is 4.65. The number of piperazine rings is 1. The van der Waals surface area contributed by atoms with Gasteiger partial charge in [0.05, 0.1) is 17.5 Å². The Hall–Kier alpha value is -2.46. The van der Waals surface area contributed by atoms with Crippen molar-refractivity contribution in [3.63, 3.8) is 0 Å². The average molecular weight is 434 g/mol. The van der Waals surface area contributed by atoms with Crippen molar-refractivity contribution in [2.24, 2.45) is 5.10 Å². The number of sulfone groups is 1. The summed E-state index contributed by atoms with van der Waals surface area (Å²) >= 11 is 0. The van der Waals surface area contributed by atoms with Gasteiger partial charge in [-0.3, -0.25) is 9.59 Å². The van der Waals surface area contributed by atoms with Gasteiger partial charge in [0.15, 0.2) is 9.84 Å². The van der Waals surface area contributed by atoms with Crippen molar-refractivity contribution in [3.8, 4) is 0 Å². The van der Waals surface area contributed by atoms with Crippen molar-refractivity contribution in [2.75, 3.05) is 54.9 Å². The summed E-state index contributed by atoms with van der Waals surface area (Å²) in [6.07, 6.45) is 0.769. The second-order valence-electron chi connectivity index (χ2n) is 8.13. The van der Waals surface area contributed by atoms with Crippen LogP contribution in [0.1, 0.15) is 19.3 Å². The molecule has 0 bridgehead atoms. The van der Waals surface area contributed by atoms with Crippen LogP contribution in [-0.4, -0.2) is 86.6 Å². The highest BCUT2D eigenvalue weighted by atomic mass is 32.2. The largest absolute Gasteiger partial charge is 0.369 e. The number of carbonyl (C=O) groups is 2. The Morgan fingerprint density at radius 1 is 1.10 bits per heavy atom. The van der Waals surface area contributed by atoms with Gasteiger partial charge in [-0.2, -0.15) is 5.10 Å². The Labute approximate surface area is 176 Å². The number of hydrazone groups is 1. The van der Waals surface area contributed by atoms with Crippen LogP contribution in [0.3, 0.4) is 0 Å². The van der Waals surface area contributed by atoms with Gasteiger partial charge in [-0.1, -0.05) is 0 Å². The van der Waals surface area contributed by atoms with Gasteiger partial charge in [0.2, 0.25) is 5.91 Å². The summed E-state index contributed by atoms with van der Waals surface area (Å²) in [5, 5.41) is 8.26. The molecule has 4 rings (SSSR count). The van der Waals surface area contributed by atoms with Crippen molar-refractivity contribution in [1.82, 2.24) is 9.91 Å². The van der Waals surface area contributed by atoms with Crippen LogP contribution < -0.4 is 10.2 Å². The maximum absolute atomic E-state index is 12.7. The van der Waals surface area contributed by atoms with Gasteiger partial charge in [-0.15, -0.1) is 0 Å². The SMILES string of the molecule is CN1CCN(c2ccc(NC(=O)C3=NN([C@@H]4CCS(=O)(=O)C4)C(=O)CC3)cc2)CC1. The van der Waals surface area contributed by atoms with Gasteiger partial charge in [0.1, 0.15) is 5.71 Å². The van der Waals surface area contributed by atoms with Gasteiger partial charge >= 0.3 is 0 Å². The van der Waals surface area contributed by atoms with Gasteiger partial charge in [-0.25, -0.2) is 13.4 Å². The zero-order valence-corrected chi connectivity index (χ0v) is 17.9. The van der Waals surface area contributed by atoms with Crippen molar-refractivity contribution >= 4 is 38.7 Å². The van der Waals surface area contributed by atoms with E-state index < -0.39 is 15.9 Å². The molecule has 2 amide bonds. The standard InChI is InChI=1S/C20H27N5O4S/c1-23-9-11-24(12-10-23)16-4-2-15(3-5-16)21-20(27)18-6-7-19(26)25(22-18)17-8-13-30(28,29)14-17/h2-5,17H,6-14H2,1H3,(H,21,27)/t17-/m1/s1. The van der Waals surface area contributed by atoms with Crippen molar-refractivity contribution in [1.29, 1.82) is 0 Å². The van der Waals surface area contributed by atoms with E-state index in [-0.39, 0.29) is 41.9 Å². The Balaban J connectivity index is 1.40. The first-order chi connectivity index (χ1) is 14.3. The maximum Gasteiger partial charge on any atom is 0.271 e. The molecule has 162 valence electrons. The molecule has 30 heavy (non-hydrogen) atoms. The number of carbonyl (C=O) groups excluding carboxylic acids is 2. The first-order valence-electron chi connectivity index (χ1n) is 10.3. The second-order valence-corrected chi connectivity index (χ2v) is 10.4. The lowest BCUT2D eigenvalue weighted by Gasteiger charge is -2.34. The first kappa shape index (κ1) is 20.8. The summed E-state index contributed by atoms with van der Waals surface area (Å²) in [7, 11) is -1.03. The minimum Gasteiger partial charge on any atom is -0.369 e. The number of hydrogen-bond donors (Lipinski definition) is 1. The molecule has 2 saturated heterocycles. The van der Waals surface area contributed by atoms with E-state index in [0.717, 1.165) is 31.9 Å². The van der Waals surface area contributed by atoms with Crippen LogP contribution in [0.4, 0.5) is 11.4 Å². The molecule has 3 aliphatic heterocycles. The molecule has 9 nitrogen and oxygen atoms in total. The quantitative estimate of drug-likeness (QED) is 0.744. The molecule has 0 aliphatic carbocycles. The smallest absolute Gasteiger partial charge is 0.271 e. The lowest BCUT2D eigenvalue weighted by molar-refractivity contribution is -0.133. The molecule has 0 saturated carbocycles. The monoisotopic (exact) mass is 433 g/mol. The molecule has 0 unspecified atom stereocenters. The molecule has 1 atom stereocenters. The van der Waals surface area contributed by atoms with E-state index in [4.69, 9.17) is 0 Å². The lowest BCUT2D eigenvalue weighted by Crippen LogP contribution is -2.44. The maximum atomic E-state index is 12.7.